The summed E-state index contributed by atoms with van der Waals surface area (Å²) in [4.78, 5) is 8.24. The van der Waals surface area contributed by atoms with E-state index in [2.05, 4.69) is 25.5 Å². The predicted octanol–water partition coefficient (Wildman–Crippen LogP) is 4.87. The van der Waals surface area contributed by atoms with Crippen molar-refractivity contribution in [2.75, 3.05) is 5.32 Å². The minimum absolute atomic E-state index is 0. The molecule has 1 aromatic carbocycles. The molecule has 1 aliphatic carbocycles. The molecule has 0 atom stereocenters. The molecule has 0 saturated heterocycles. The lowest BCUT2D eigenvalue weighted by atomic mass is 9.72. The van der Waals surface area contributed by atoms with Gasteiger partial charge < -0.3 is 9.73 Å². The van der Waals surface area contributed by atoms with Crippen molar-refractivity contribution in [3.8, 4) is 11.5 Å². The summed E-state index contributed by atoms with van der Waals surface area (Å²) in [5.41, 5.74) is 0.106. The standard InChI is InChI=1S/C17H13F4N5O.CH4/c18-11-4-10(5-12(19)6-11)17(2-1-3-17)24-16-22-7-9(8-23-16)14-25-26-15(27-14)13(20)21;/h4-8,13H,1-3H2,(H,22,23,24);1H4. The average Bonchev–Trinajstić information content (AvgIpc) is 3.08. The monoisotopic (exact) mass is 395 g/mol. The Morgan fingerprint density at radius 1 is 1.00 bits per heavy atom. The average molecular weight is 395 g/mol. The van der Waals surface area contributed by atoms with Gasteiger partial charge in [0.25, 0.3) is 11.8 Å². The normalized spacial score (nSPS) is 15.0. The van der Waals surface area contributed by atoms with Gasteiger partial charge in [-0.1, -0.05) is 7.43 Å². The molecule has 4 rings (SSSR count). The van der Waals surface area contributed by atoms with E-state index in [9.17, 15) is 17.6 Å². The van der Waals surface area contributed by atoms with Crippen LogP contribution < -0.4 is 5.32 Å². The van der Waals surface area contributed by atoms with Crippen LogP contribution in [-0.2, 0) is 5.54 Å². The number of benzene rings is 1. The van der Waals surface area contributed by atoms with Crippen molar-refractivity contribution in [1.29, 1.82) is 0 Å². The quantitative estimate of drug-likeness (QED) is 0.621. The number of aromatic nitrogens is 4. The van der Waals surface area contributed by atoms with Gasteiger partial charge in [-0.05, 0) is 37.0 Å². The van der Waals surface area contributed by atoms with Gasteiger partial charge in [0.1, 0.15) is 11.6 Å². The van der Waals surface area contributed by atoms with Crippen molar-refractivity contribution >= 4 is 5.95 Å². The summed E-state index contributed by atoms with van der Waals surface area (Å²) in [6, 6.07) is 3.39. The predicted molar refractivity (Wildman–Crippen MR) is 92.5 cm³/mol. The fraction of sp³-hybridized carbons (Fsp3) is 0.333. The van der Waals surface area contributed by atoms with Crippen LogP contribution in [0.3, 0.4) is 0 Å². The van der Waals surface area contributed by atoms with Crippen LogP contribution in [-0.4, -0.2) is 20.2 Å². The second-order valence-corrected chi connectivity index (χ2v) is 6.26. The van der Waals surface area contributed by atoms with Crippen LogP contribution in [0.15, 0.2) is 35.0 Å². The lowest BCUT2D eigenvalue weighted by Crippen LogP contribution is -2.42. The molecule has 1 saturated carbocycles. The Kier molecular flexibility index (Phi) is 5.30. The summed E-state index contributed by atoms with van der Waals surface area (Å²) >= 11 is 0. The van der Waals surface area contributed by atoms with E-state index in [0.29, 0.717) is 18.4 Å². The van der Waals surface area contributed by atoms with Gasteiger partial charge in [-0.15, -0.1) is 10.2 Å². The molecule has 28 heavy (non-hydrogen) atoms. The number of alkyl halides is 2. The molecule has 1 aliphatic rings. The Hall–Kier alpha value is -3.04. The maximum Gasteiger partial charge on any atom is 0.314 e. The Morgan fingerprint density at radius 3 is 2.14 bits per heavy atom. The van der Waals surface area contributed by atoms with Crippen molar-refractivity contribution in [2.45, 2.75) is 38.7 Å². The molecule has 10 heteroatoms. The Bertz CT molecular complexity index is 937. The van der Waals surface area contributed by atoms with Crippen LogP contribution in [0.2, 0.25) is 0 Å². The fourth-order valence-corrected chi connectivity index (χ4v) is 3.00. The molecule has 0 spiro atoms. The molecule has 148 valence electrons. The van der Waals surface area contributed by atoms with Gasteiger partial charge >= 0.3 is 6.43 Å². The van der Waals surface area contributed by atoms with Crippen LogP contribution >= 0.6 is 0 Å². The lowest BCUT2D eigenvalue weighted by Gasteiger charge is -2.43. The van der Waals surface area contributed by atoms with Gasteiger partial charge in [0.15, 0.2) is 0 Å². The van der Waals surface area contributed by atoms with Crippen molar-refractivity contribution in [3.63, 3.8) is 0 Å². The van der Waals surface area contributed by atoms with Gasteiger partial charge in [0, 0.05) is 18.5 Å². The smallest absolute Gasteiger partial charge is 0.314 e. The Morgan fingerprint density at radius 2 is 1.64 bits per heavy atom. The van der Waals surface area contributed by atoms with Gasteiger partial charge in [-0.25, -0.2) is 18.7 Å². The minimum Gasteiger partial charge on any atom is -0.415 e. The van der Waals surface area contributed by atoms with Gasteiger partial charge in [-0.3, -0.25) is 0 Å². The van der Waals surface area contributed by atoms with Gasteiger partial charge in [-0.2, -0.15) is 8.78 Å². The summed E-state index contributed by atoms with van der Waals surface area (Å²) in [6.07, 6.45) is 2.05. The van der Waals surface area contributed by atoms with E-state index in [1.54, 1.807) is 0 Å². The maximum atomic E-state index is 13.6. The van der Waals surface area contributed by atoms with Crippen molar-refractivity contribution in [3.05, 3.63) is 53.7 Å². The fourth-order valence-electron chi connectivity index (χ4n) is 3.00. The second kappa shape index (κ2) is 7.53. The molecule has 0 radical (unpaired) electrons. The number of hydrogen-bond donors (Lipinski definition) is 1. The molecule has 0 bridgehead atoms. The van der Waals surface area contributed by atoms with Gasteiger partial charge in [0.2, 0.25) is 5.95 Å². The maximum absolute atomic E-state index is 13.6. The number of anilines is 1. The van der Waals surface area contributed by atoms with E-state index >= 15 is 0 Å². The summed E-state index contributed by atoms with van der Waals surface area (Å²) in [6.45, 7) is 0. The number of nitrogens with zero attached hydrogens (tertiary/aromatic N) is 4. The van der Waals surface area contributed by atoms with Crippen LogP contribution in [0.25, 0.3) is 11.5 Å². The Labute approximate surface area is 158 Å². The van der Waals surface area contributed by atoms with Crippen LogP contribution in [0.5, 0.6) is 0 Å². The SMILES string of the molecule is C.Fc1cc(F)cc(C2(Nc3ncc(-c4nnc(C(F)F)o4)cn3)CCC2)c1. The summed E-state index contributed by atoms with van der Waals surface area (Å²) in [5, 5.41) is 9.89. The molecule has 3 aromatic rings. The zero-order valence-corrected chi connectivity index (χ0v) is 13.8. The van der Waals surface area contributed by atoms with Gasteiger partial charge in [0.05, 0.1) is 11.1 Å². The van der Waals surface area contributed by atoms with Crippen molar-refractivity contribution in [1.82, 2.24) is 20.2 Å². The van der Waals surface area contributed by atoms with E-state index in [1.165, 1.54) is 24.5 Å². The third kappa shape index (κ3) is 3.67. The highest BCUT2D eigenvalue weighted by Crippen LogP contribution is 2.44. The van der Waals surface area contributed by atoms with Crippen molar-refractivity contribution in [2.24, 2.45) is 0 Å². The highest BCUT2D eigenvalue weighted by molar-refractivity contribution is 5.51. The number of hydrogen-bond acceptors (Lipinski definition) is 6. The first-order valence-corrected chi connectivity index (χ1v) is 8.14. The van der Waals surface area contributed by atoms with Crippen LogP contribution in [0.1, 0.15) is 44.6 Å². The molecule has 0 aliphatic heterocycles. The summed E-state index contributed by atoms with van der Waals surface area (Å²) in [5.74, 6) is -1.98. The van der Waals surface area contributed by atoms with E-state index in [4.69, 9.17) is 4.42 Å². The lowest BCUT2D eigenvalue weighted by molar-refractivity contribution is 0.116. The van der Waals surface area contributed by atoms with E-state index in [1.807, 2.05) is 0 Å². The van der Waals surface area contributed by atoms with Crippen molar-refractivity contribution < 1.29 is 22.0 Å². The molecule has 1 N–H and O–H groups in total. The first-order valence-electron chi connectivity index (χ1n) is 8.14. The number of nitrogens with one attached hydrogen (secondary N) is 1. The number of rotatable bonds is 5. The number of halogens is 4. The first-order chi connectivity index (χ1) is 12.9. The molecule has 6 nitrogen and oxygen atoms in total. The third-order valence-electron chi connectivity index (χ3n) is 4.50. The molecule has 2 heterocycles. The largest absolute Gasteiger partial charge is 0.415 e. The molecular weight excluding hydrogens is 378 g/mol. The molecule has 1 fully saturated rings. The van der Waals surface area contributed by atoms with Crippen LogP contribution in [0, 0.1) is 11.6 Å². The second-order valence-electron chi connectivity index (χ2n) is 6.26. The molecule has 0 unspecified atom stereocenters. The molecule has 2 aromatic heterocycles. The zero-order valence-electron chi connectivity index (χ0n) is 13.8. The molecule has 0 amide bonds. The Balaban J connectivity index is 0.00000225. The van der Waals surface area contributed by atoms with Crippen LogP contribution in [0.4, 0.5) is 23.5 Å². The summed E-state index contributed by atoms with van der Waals surface area (Å²) in [7, 11) is 0. The highest BCUT2D eigenvalue weighted by atomic mass is 19.3. The minimum atomic E-state index is -2.86. The summed E-state index contributed by atoms with van der Waals surface area (Å²) < 4.78 is 57.0. The van der Waals surface area contributed by atoms with E-state index in [-0.39, 0.29) is 24.8 Å². The zero-order chi connectivity index (χ0) is 19.0. The molecular formula is C18H17F4N5O. The van der Waals surface area contributed by atoms with E-state index in [0.717, 1.165) is 12.5 Å². The third-order valence-corrected chi connectivity index (χ3v) is 4.50. The first kappa shape index (κ1) is 19.7. The highest BCUT2D eigenvalue weighted by Gasteiger charge is 2.40. The van der Waals surface area contributed by atoms with E-state index < -0.39 is 29.5 Å². The topological polar surface area (TPSA) is 76.7 Å².